The highest BCUT2D eigenvalue weighted by Crippen LogP contribution is 2.22. The van der Waals surface area contributed by atoms with E-state index in [9.17, 15) is 4.79 Å². The summed E-state index contributed by atoms with van der Waals surface area (Å²) in [6, 6.07) is 6.64. The van der Waals surface area contributed by atoms with Gasteiger partial charge in [0.2, 0.25) is 0 Å². The fraction of sp³-hybridized carbons (Fsp3) is 0.133. The molecule has 3 rings (SSSR count). The van der Waals surface area contributed by atoms with Crippen molar-refractivity contribution in [3.05, 3.63) is 52.8 Å². The van der Waals surface area contributed by atoms with Crippen LogP contribution in [0, 0.1) is 0 Å². The van der Waals surface area contributed by atoms with Crippen LogP contribution in [0.1, 0.15) is 22.8 Å². The van der Waals surface area contributed by atoms with E-state index in [-0.39, 0.29) is 0 Å². The number of aromatic amines is 1. The third-order valence-corrected chi connectivity index (χ3v) is 3.44. The van der Waals surface area contributed by atoms with Crippen molar-refractivity contribution >= 4 is 28.6 Å². The lowest BCUT2D eigenvalue weighted by Crippen LogP contribution is -2.12. The molecule has 0 atom stereocenters. The molecule has 3 aromatic rings. The van der Waals surface area contributed by atoms with Crippen molar-refractivity contribution in [2.75, 3.05) is 0 Å². The molecular formula is C15H12ClN3O2. The van der Waals surface area contributed by atoms with Gasteiger partial charge in [0.05, 0.1) is 11.8 Å². The highest BCUT2D eigenvalue weighted by molar-refractivity contribution is 6.30. The Balaban J connectivity index is 1.95. The molecule has 0 aliphatic heterocycles. The first-order valence-electron chi connectivity index (χ1n) is 6.47. The summed E-state index contributed by atoms with van der Waals surface area (Å²) >= 11 is 5.80. The summed E-state index contributed by atoms with van der Waals surface area (Å²) in [5.41, 5.74) is 1.98. The van der Waals surface area contributed by atoms with Crippen LogP contribution in [0.2, 0.25) is 5.02 Å². The van der Waals surface area contributed by atoms with E-state index in [0.29, 0.717) is 28.4 Å². The first-order valence-corrected chi connectivity index (χ1v) is 6.85. The topological polar surface area (TPSA) is 67.9 Å². The van der Waals surface area contributed by atoms with Gasteiger partial charge in [-0.3, -0.25) is 5.10 Å². The smallest absolute Gasteiger partial charge is 0.345 e. The lowest BCUT2D eigenvalue weighted by Gasteiger charge is -2.08. The molecule has 0 bridgehead atoms. The quantitative estimate of drug-likeness (QED) is 0.595. The maximum atomic E-state index is 12.3. The van der Waals surface area contributed by atoms with Gasteiger partial charge in [0.25, 0.3) is 0 Å². The zero-order valence-corrected chi connectivity index (χ0v) is 12.0. The van der Waals surface area contributed by atoms with Gasteiger partial charge >= 0.3 is 5.97 Å². The number of aryl methyl sites for hydroxylation is 1. The fourth-order valence-corrected chi connectivity index (χ4v) is 2.30. The van der Waals surface area contributed by atoms with Gasteiger partial charge < -0.3 is 4.74 Å². The van der Waals surface area contributed by atoms with Gasteiger partial charge in [0, 0.05) is 16.6 Å². The lowest BCUT2D eigenvalue weighted by molar-refractivity contribution is 0.0733. The van der Waals surface area contributed by atoms with Crippen molar-refractivity contribution in [2.45, 2.75) is 13.3 Å². The van der Waals surface area contributed by atoms with E-state index < -0.39 is 5.97 Å². The Morgan fingerprint density at radius 2 is 2.05 bits per heavy atom. The Morgan fingerprint density at radius 3 is 2.76 bits per heavy atom. The van der Waals surface area contributed by atoms with E-state index in [2.05, 4.69) is 15.2 Å². The summed E-state index contributed by atoms with van der Waals surface area (Å²) in [7, 11) is 0. The van der Waals surface area contributed by atoms with Crippen LogP contribution in [0.5, 0.6) is 5.75 Å². The molecule has 6 heteroatoms. The number of pyridine rings is 1. The molecule has 0 amide bonds. The molecule has 0 saturated heterocycles. The monoisotopic (exact) mass is 301 g/mol. The van der Waals surface area contributed by atoms with E-state index in [1.165, 1.54) is 6.20 Å². The summed E-state index contributed by atoms with van der Waals surface area (Å²) < 4.78 is 5.36. The fourth-order valence-electron chi connectivity index (χ4n) is 2.17. The number of nitrogens with one attached hydrogen (secondary N) is 1. The minimum absolute atomic E-state index is 0.440. The lowest BCUT2D eigenvalue weighted by atomic mass is 10.0. The van der Waals surface area contributed by atoms with Gasteiger partial charge in [-0.15, -0.1) is 0 Å². The largest absolute Gasteiger partial charge is 0.423 e. The van der Waals surface area contributed by atoms with Crippen LogP contribution >= 0.6 is 11.6 Å². The average Bonchev–Trinajstić information content (AvgIpc) is 2.97. The van der Waals surface area contributed by atoms with Crippen molar-refractivity contribution in [2.24, 2.45) is 0 Å². The number of aromatic nitrogens is 3. The number of carbonyl (C=O) groups is 1. The second-order valence-electron chi connectivity index (χ2n) is 4.48. The van der Waals surface area contributed by atoms with E-state index in [1.807, 2.05) is 6.92 Å². The highest BCUT2D eigenvalue weighted by Gasteiger charge is 2.17. The second kappa shape index (κ2) is 5.54. The number of rotatable bonds is 3. The molecule has 0 spiro atoms. The Bertz CT molecular complexity index is 796. The van der Waals surface area contributed by atoms with Crippen LogP contribution < -0.4 is 4.74 Å². The number of carbonyl (C=O) groups excluding carboxylic acids is 1. The van der Waals surface area contributed by atoms with Gasteiger partial charge in [-0.1, -0.05) is 18.5 Å². The van der Waals surface area contributed by atoms with Gasteiger partial charge in [-0.05, 0) is 36.2 Å². The minimum atomic E-state index is -0.440. The number of esters is 1. The number of halogens is 1. The molecule has 1 aromatic carbocycles. The molecular weight excluding hydrogens is 290 g/mol. The molecule has 0 fully saturated rings. The van der Waals surface area contributed by atoms with Gasteiger partial charge in [-0.25, -0.2) is 9.78 Å². The molecule has 0 aliphatic rings. The molecule has 2 heterocycles. The Hall–Kier alpha value is -2.40. The predicted octanol–water partition coefficient (Wildman–Crippen LogP) is 3.39. The number of H-pyrrole nitrogens is 1. The van der Waals surface area contributed by atoms with E-state index in [0.717, 1.165) is 10.9 Å². The van der Waals surface area contributed by atoms with Crippen LogP contribution in [0.15, 0.2) is 36.7 Å². The molecule has 5 nitrogen and oxygen atoms in total. The molecule has 0 saturated carbocycles. The third-order valence-electron chi connectivity index (χ3n) is 3.19. The number of hydrogen-bond acceptors (Lipinski definition) is 4. The molecule has 1 N–H and O–H groups in total. The molecule has 0 radical (unpaired) electrons. The van der Waals surface area contributed by atoms with Crippen LogP contribution in [0.3, 0.4) is 0 Å². The van der Waals surface area contributed by atoms with Crippen molar-refractivity contribution in [3.8, 4) is 5.75 Å². The highest BCUT2D eigenvalue weighted by atomic mass is 35.5. The minimum Gasteiger partial charge on any atom is -0.423 e. The van der Waals surface area contributed by atoms with Crippen LogP contribution in [-0.4, -0.2) is 21.2 Å². The molecule has 2 aromatic heterocycles. The van der Waals surface area contributed by atoms with E-state index >= 15 is 0 Å². The average molecular weight is 302 g/mol. The zero-order valence-electron chi connectivity index (χ0n) is 11.3. The van der Waals surface area contributed by atoms with Crippen molar-refractivity contribution < 1.29 is 9.53 Å². The summed E-state index contributed by atoms with van der Waals surface area (Å²) in [6.45, 7) is 1.97. The molecule has 0 unspecified atom stereocenters. The Morgan fingerprint density at radius 1 is 1.29 bits per heavy atom. The van der Waals surface area contributed by atoms with Crippen molar-refractivity contribution in [1.29, 1.82) is 0 Å². The predicted molar refractivity (Wildman–Crippen MR) is 79.7 cm³/mol. The van der Waals surface area contributed by atoms with Gasteiger partial charge in [0.15, 0.2) is 5.65 Å². The summed E-state index contributed by atoms with van der Waals surface area (Å²) in [6.07, 6.45) is 3.86. The Labute approximate surface area is 125 Å². The summed E-state index contributed by atoms with van der Waals surface area (Å²) in [5.74, 6) is 0.00326. The van der Waals surface area contributed by atoms with E-state index in [1.54, 1.807) is 30.5 Å². The number of benzene rings is 1. The first kappa shape index (κ1) is 13.6. The molecule has 0 aliphatic carbocycles. The SMILES string of the molecule is CCc1c(C(=O)Oc2ccc(Cl)cc2)cnc2[nH]ncc12. The summed E-state index contributed by atoms with van der Waals surface area (Å²) in [5, 5.41) is 8.16. The van der Waals surface area contributed by atoms with Crippen LogP contribution in [-0.2, 0) is 6.42 Å². The standard InChI is InChI=1S/C15H12ClN3O2/c1-2-11-12-8-18-19-14(12)17-7-13(11)15(20)21-10-5-3-9(16)4-6-10/h3-8H,2H2,1H3,(H,17,18,19). The second-order valence-corrected chi connectivity index (χ2v) is 4.92. The zero-order chi connectivity index (χ0) is 14.8. The molecule has 21 heavy (non-hydrogen) atoms. The van der Waals surface area contributed by atoms with Gasteiger partial charge in [0.1, 0.15) is 5.75 Å². The van der Waals surface area contributed by atoms with E-state index in [4.69, 9.17) is 16.3 Å². The summed E-state index contributed by atoms with van der Waals surface area (Å²) in [4.78, 5) is 16.5. The number of ether oxygens (including phenoxy) is 1. The number of nitrogens with zero attached hydrogens (tertiary/aromatic N) is 2. The normalized spacial score (nSPS) is 10.8. The van der Waals surface area contributed by atoms with Crippen LogP contribution in [0.25, 0.3) is 11.0 Å². The van der Waals surface area contributed by atoms with Crippen LogP contribution in [0.4, 0.5) is 0 Å². The number of hydrogen-bond donors (Lipinski definition) is 1. The maximum absolute atomic E-state index is 12.3. The Kier molecular flexibility index (Phi) is 3.58. The number of fused-ring (bicyclic) bond motifs is 1. The van der Waals surface area contributed by atoms with Crippen molar-refractivity contribution in [1.82, 2.24) is 15.2 Å². The molecule has 106 valence electrons. The van der Waals surface area contributed by atoms with Gasteiger partial charge in [-0.2, -0.15) is 5.10 Å². The first-order chi connectivity index (χ1) is 10.2. The third kappa shape index (κ3) is 2.60. The maximum Gasteiger partial charge on any atom is 0.345 e. The van der Waals surface area contributed by atoms with Crippen molar-refractivity contribution in [3.63, 3.8) is 0 Å².